The van der Waals surface area contributed by atoms with Crippen LogP contribution in [-0.4, -0.2) is 11.5 Å². The maximum absolute atomic E-state index is 6.96. The minimum absolute atomic E-state index is 0.358. The first-order valence-electron chi connectivity index (χ1n) is 20.3. The molecule has 2 aliphatic heterocycles. The summed E-state index contributed by atoms with van der Waals surface area (Å²) < 4.78 is 29.1. The lowest BCUT2D eigenvalue weighted by Gasteiger charge is -2.33. The van der Waals surface area contributed by atoms with Crippen LogP contribution in [0.3, 0.4) is 0 Å². The lowest BCUT2D eigenvalue weighted by Crippen LogP contribution is -2.53. The van der Waals surface area contributed by atoms with E-state index in [1.165, 1.54) is 21.8 Å². The molecule has 0 aliphatic carbocycles. The van der Waals surface area contributed by atoms with Crippen LogP contribution < -0.4 is 20.3 Å². The molecular weight excluding hydrogens is 737 g/mol. The first-order valence-corrected chi connectivity index (χ1v) is 20.3. The van der Waals surface area contributed by atoms with E-state index in [1.807, 2.05) is 18.2 Å². The van der Waals surface area contributed by atoms with Crippen LogP contribution in [0.4, 0.5) is 0 Å². The van der Waals surface area contributed by atoms with Crippen LogP contribution in [0, 0.1) is 0 Å². The van der Waals surface area contributed by atoms with E-state index in [0.29, 0.717) is 0 Å². The molecule has 0 amide bonds. The molecule has 60 heavy (non-hydrogen) atoms. The Morgan fingerprint density at radius 3 is 1.95 bits per heavy atom. The van der Waals surface area contributed by atoms with Crippen molar-refractivity contribution in [1.29, 1.82) is 0 Å². The second kappa shape index (κ2) is 11.8. The molecule has 0 saturated carbocycles. The second-order valence-corrected chi connectivity index (χ2v) is 15.9. The molecule has 0 fully saturated rings. The summed E-state index contributed by atoms with van der Waals surface area (Å²) in [6.07, 6.45) is 0. The van der Waals surface area contributed by atoms with Gasteiger partial charge in [0.1, 0.15) is 39.6 Å². The quantitative estimate of drug-likeness (QED) is 0.168. The minimum atomic E-state index is -0.358. The van der Waals surface area contributed by atoms with Gasteiger partial charge >= 0.3 is 6.92 Å². The summed E-state index contributed by atoms with van der Waals surface area (Å²) in [7, 11) is 0. The normalized spacial score (nSPS) is 12.9. The Bertz CT molecular complexity index is 3760. The average molecular weight is 768 g/mol. The molecule has 0 saturated heterocycles. The molecule has 0 bridgehead atoms. The monoisotopic (exact) mass is 767 g/mol. The number of para-hydroxylation sites is 5. The van der Waals surface area contributed by atoms with Crippen molar-refractivity contribution in [1.82, 2.24) is 4.57 Å². The zero-order valence-electron chi connectivity index (χ0n) is 32.0. The highest BCUT2D eigenvalue weighted by Crippen LogP contribution is 2.45. The van der Waals surface area contributed by atoms with E-state index in [4.69, 9.17) is 18.2 Å². The van der Waals surface area contributed by atoms with Crippen LogP contribution in [0.15, 0.2) is 191 Å². The Morgan fingerprint density at radius 1 is 0.400 bits per heavy atom. The number of furan rings is 2. The van der Waals surface area contributed by atoms with E-state index in [1.54, 1.807) is 0 Å². The molecule has 278 valence electrons. The van der Waals surface area contributed by atoms with Crippen molar-refractivity contribution in [2.24, 2.45) is 0 Å². The molecule has 0 atom stereocenters. The zero-order chi connectivity index (χ0) is 39.1. The molecular formula is C54H30BNO4. The highest BCUT2D eigenvalue weighted by Gasteiger charge is 2.41. The highest BCUT2D eigenvalue weighted by molar-refractivity contribution is 6.84. The van der Waals surface area contributed by atoms with Gasteiger partial charge in [-0.1, -0.05) is 109 Å². The molecule has 12 aromatic rings. The molecule has 0 unspecified atom stereocenters. The lowest BCUT2D eigenvalue weighted by molar-refractivity contribution is 0.479. The van der Waals surface area contributed by atoms with Crippen LogP contribution in [0.2, 0.25) is 0 Å². The van der Waals surface area contributed by atoms with E-state index in [0.717, 1.165) is 111 Å². The van der Waals surface area contributed by atoms with Crippen molar-refractivity contribution in [2.45, 2.75) is 0 Å². The number of ether oxygens (including phenoxy) is 1. The van der Waals surface area contributed by atoms with E-state index >= 15 is 0 Å². The second-order valence-electron chi connectivity index (χ2n) is 15.9. The molecule has 5 nitrogen and oxygen atoms in total. The van der Waals surface area contributed by atoms with Crippen molar-refractivity contribution in [3.63, 3.8) is 0 Å². The van der Waals surface area contributed by atoms with Gasteiger partial charge in [0.15, 0.2) is 0 Å². The number of nitrogens with zero attached hydrogens (tertiary/aromatic N) is 1. The summed E-state index contributed by atoms with van der Waals surface area (Å²) in [5.74, 6) is 2.45. The summed E-state index contributed by atoms with van der Waals surface area (Å²) in [6.45, 7) is -0.358. The van der Waals surface area contributed by atoms with Crippen molar-refractivity contribution in [3.8, 4) is 56.3 Å². The SMILES string of the molecule is c1ccc2c(c1)OB1c3cc(-c4ccc5oc6ccc7c8ccccc8oc7c6c5c4)ccc3Oc3cc(-c4ccccc4-n4c5ccccc5c5ccccc54)cc-2c31. The molecule has 9 aromatic carbocycles. The van der Waals surface area contributed by atoms with E-state index < -0.39 is 0 Å². The predicted octanol–water partition coefficient (Wildman–Crippen LogP) is 13.2. The molecule has 6 heteroatoms. The standard InChI is InChI=1S/C54H30BNO4/c1-6-16-43(56-44-17-7-2-12-35(44)36-13-3-8-18-45(36)56)34(11-1)33-28-40-38-15-5-10-20-48(38)60-55-42-29-32(22-25-49(42)58-51(30-33)53(40)55)31-21-24-47-41(27-31)52-50(57-47)26-23-39-37-14-4-9-19-46(37)59-54(39)52/h1-30H. The van der Waals surface area contributed by atoms with Crippen molar-refractivity contribution in [3.05, 3.63) is 182 Å². The van der Waals surface area contributed by atoms with Gasteiger partial charge in [0.05, 0.1) is 22.1 Å². The molecule has 5 heterocycles. The van der Waals surface area contributed by atoms with Crippen LogP contribution >= 0.6 is 0 Å². The summed E-state index contributed by atoms with van der Waals surface area (Å²) in [5.41, 5.74) is 15.3. The fraction of sp³-hybridized carbons (Fsp3) is 0. The zero-order valence-corrected chi connectivity index (χ0v) is 32.0. The molecule has 0 spiro atoms. The van der Waals surface area contributed by atoms with Crippen LogP contribution in [0.5, 0.6) is 17.2 Å². The van der Waals surface area contributed by atoms with E-state index in [-0.39, 0.29) is 6.92 Å². The number of benzene rings is 9. The van der Waals surface area contributed by atoms with Crippen molar-refractivity contribution < 1.29 is 18.2 Å². The largest absolute Gasteiger partial charge is 0.551 e. The van der Waals surface area contributed by atoms with Gasteiger partial charge in [0.2, 0.25) is 0 Å². The maximum Gasteiger partial charge on any atom is 0.434 e. The van der Waals surface area contributed by atoms with Crippen molar-refractivity contribution in [2.75, 3.05) is 0 Å². The third kappa shape index (κ3) is 4.37. The first-order chi connectivity index (χ1) is 29.7. The maximum atomic E-state index is 6.96. The molecule has 0 radical (unpaired) electrons. The molecule has 2 aliphatic rings. The molecule has 0 N–H and O–H groups in total. The first kappa shape index (κ1) is 32.1. The fourth-order valence-electron chi connectivity index (χ4n) is 10.0. The Labute approximate surface area is 343 Å². The average Bonchev–Trinajstić information content (AvgIpc) is 3.98. The van der Waals surface area contributed by atoms with Crippen LogP contribution in [-0.2, 0) is 0 Å². The van der Waals surface area contributed by atoms with Crippen LogP contribution in [0.1, 0.15) is 0 Å². The van der Waals surface area contributed by atoms with E-state index in [9.17, 15) is 0 Å². The summed E-state index contributed by atoms with van der Waals surface area (Å²) in [4.78, 5) is 0. The number of hydrogen-bond acceptors (Lipinski definition) is 4. The number of fused-ring (bicyclic) bond motifs is 14. The Morgan fingerprint density at radius 2 is 1.08 bits per heavy atom. The van der Waals surface area contributed by atoms with Gasteiger partial charge in [-0.15, -0.1) is 0 Å². The van der Waals surface area contributed by atoms with Gasteiger partial charge in [0, 0.05) is 49.0 Å². The van der Waals surface area contributed by atoms with Gasteiger partial charge in [-0.25, -0.2) is 0 Å². The van der Waals surface area contributed by atoms with Crippen molar-refractivity contribution >= 4 is 83.5 Å². The summed E-state index contributed by atoms with van der Waals surface area (Å²) in [6, 6.07) is 64.1. The number of rotatable bonds is 3. The Hall–Kier alpha value is -7.96. The van der Waals surface area contributed by atoms with Crippen LogP contribution in [0.25, 0.3) is 105 Å². The van der Waals surface area contributed by atoms with Gasteiger partial charge < -0.3 is 22.8 Å². The molecule has 14 rings (SSSR count). The van der Waals surface area contributed by atoms with E-state index in [2.05, 4.69) is 168 Å². The summed E-state index contributed by atoms with van der Waals surface area (Å²) >= 11 is 0. The number of hydrogen-bond donors (Lipinski definition) is 0. The minimum Gasteiger partial charge on any atom is -0.551 e. The Kier molecular flexibility index (Phi) is 6.31. The van der Waals surface area contributed by atoms with Gasteiger partial charge in [-0.3, -0.25) is 0 Å². The third-order valence-corrected chi connectivity index (χ3v) is 12.7. The third-order valence-electron chi connectivity index (χ3n) is 12.7. The highest BCUT2D eigenvalue weighted by atomic mass is 16.5. The fourth-order valence-corrected chi connectivity index (χ4v) is 10.0. The Balaban J connectivity index is 0.927. The lowest BCUT2D eigenvalue weighted by atomic mass is 9.50. The van der Waals surface area contributed by atoms with Gasteiger partial charge in [0.25, 0.3) is 0 Å². The number of aromatic nitrogens is 1. The molecule has 3 aromatic heterocycles. The summed E-state index contributed by atoms with van der Waals surface area (Å²) in [5, 5.41) is 6.66. The van der Waals surface area contributed by atoms with Gasteiger partial charge in [-0.05, 0) is 95.1 Å². The van der Waals surface area contributed by atoms with Gasteiger partial charge in [-0.2, -0.15) is 0 Å². The smallest absolute Gasteiger partial charge is 0.434 e. The predicted molar refractivity (Wildman–Crippen MR) is 244 cm³/mol. The topological polar surface area (TPSA) is 49.7 Å².